The lowest BCUT2D eigenvalue weighted by Gasteiger charge is -2.07. The monoisotopic (exact) mass is 597 g/mol. The fourth-order valence-electron chi connectivity index (χ4n) is 2.92. The molecule has 0 spiro atoms. The summed E-state index contributed by atoms with van der Waals surface area (Å²) in [5.74, 6) is 0.451. The molecule has 4 aromatic rings. The first kappa shape index (κ1) is 25.0. The molecule has 33 heavy (non-hydrogen) atoms. The van der Waals surface area contributed by atoms with Gasteiger partial charge in [-0.1, -0.05) is 34.8 Å². The second-order valence-corrected chi connectivity index (χ2v) is 12.0. The minimum atomic E-state index is 0.197. The van der Waals surface area contributed by atoms with Crippen LogP contribution in [0.25, 0.3) is 15.9 Å². The van der Waals surface area contributed by atoms with E-state index in [0.29, 0.717) is 31.8 Å². The van der Waals surface area contributed by atoms with E-state index in [1.807, 2.05) is 20.9 Å². The van der Waals surface area contributed by atoms with Crippen molar-refractivity contribution in [3.8, 4) is 0 Å². The molecule has 0 saturated heterocycles. The highest BCUT2D eigenvalue weighted by molar-refractivity contribution is 8.79. The van der Waals surface area contributed by atoms with Crippen molar-refractivity contribution in [2.24, 2.45) is 23.5 Å². The standard InChI is InChI=1S/C16H14Cl3N9S5/c1-5-7(14(20)27(3)22-5)10(11(17)21-16-13(19)25-33-31-16)30-32-24-12(18)9-8-6(2)23-28(4)15(8)26-29-9/h20H2,1-4H3/b11-10+,21-16-,24-12-. The first-order chi connectivity index (χ1) is 15.7. The normalized spacial score (nSPS) is 13.9. The Balaban J connectivity index is 1.70. The summed E-state index contributed by atoms with van der Waals surface area (Å²) in [4.78, 5) is 5.78. The van der Waals surface area contributed by atoms with Crippen molar-refractivity contribution in [3.63, 3.8) is 0 Å². The highest BCUT2D eigenvalue weighted by Gasteiger charge is 2.21. The summed E-state index contributed by atoms with van der Waals surface area (Å²) in [7, 11) is 8.56. The molecule has 0 unspecified atom stereocenters. The predicted octanol–water partition coefficient (Wildman–Crippen LogP) is 5.58. The van der Waals surface area contributed by atoms with Crippen molar-refractivity contribution in [1.29, 1.82) is 0 Å². The van der Waals surface area contributed by atoms with Gasteiger partial charge in [0.05, 0.1) is 43.1 Å². The van der Waals surface area contributed by atoms with Gasteiger partial charge < -0.3 is 5.73 Å². The molecule has 0 aromatic carbocycles. The Morgan fingerprint density at radius 1 is 1.09 bits per heavy atom. The van der Waals surface area contributed by atoms with Gasteiger partial charge in [-0.25, -0.2) is 9.67 Å². The van der Waals surface area contributed by atoms with E-state index in [9.17, 15) is 0 Å². The summed E-state index contributed by atoms with van der Waals surface area (Å²) < 4.78 is 16.7. The molecular formula is C16H14Cl3N9S5. The molecule has 4 heterocycles. The van der Waals surface area contributed by atoms with E-state index in [4.69, 9.17) is 40.5 Å². The summed E-state index contributed by atoms with van der Waals surface area (Å²) in [5.41, 5.74) is 9.24. The van der Waals surface area contributed by atoms with Gasteiger partial charge >= 0.3 is 0 Å². The molecular weight excluding hydrogens is 585 g/mol. The topological polar surface area (TPSA) is 112 Å². The Labute approximate surface area is 222 Å². The number of hydrogen-bond donors (Lipinski definition) is 1. The molecule has 0 aliphatic carbocycles. The molecule has 0 fully saturated rings. The van der Waals surface area contributed by atoms with Gasteiger partial charge in [0.15, 0.2) is 20.6 Å². The summed E-state index contributed by atoms with van der Waals surface area (Å²) in [6.45, 7) is 3.76. The summed E-state index contributed by atoms with van der Waals surface area (Å²) >= 11 is 20.5. The molecule has 0 bridgehead atoms. The zero-order chi connectivity index (χ0) is 23.9. The van der Waals surface area contributed by atoms with Gasteiger partial charge in [0, 0.05) is 24.6 Å². The zero-order valence-corrected chi connectivity index (χ0v) is 23.7. The van der Waals surface area contributed by atoms with Gasteiger partial charge in [0.2, 0.25) is 0 Å². The van der Waals surface area contributed by atoms with Gasteiger partial charge in [0.25, 0.3) is 0 Å². The third-order valence-corrected chi connectivity index (χ3v) is 10.1. The molecule has 4 aromatic heterocycles. The maximum Gasteiger partial charge on any atom is 0.179 e. The first-order valence-corrected chi connectivity index (χ1v) is 15.0. The Bertz CT molecular complexity index is 1470. The van der Waals surface area contributed by atoms with Crippen LogP contribution in [0.5, 0.6) is 0 Å². The molecule has 0 amide bonds. The van der Waals surface area contributed by atoms with Gasteiger partial charge in [-0.3, -0.25) is 4.68 Å². The number of aromatic nitrogens is 6. The van der Waals surface area contributed by atoms with Crippen molar-refractivity contribution in [2.75, 3.05) is 5.73 Å². The lowest BCUT2D eigenvalue weighted by atomic mass is 10.2. The lowest BCUT2D eigenvalue weighted by Crippen LogP contribution is -1.99. The molecule has 0 aliphatic rings. The van der Waals surface area contributed by atoms with Crippen LogP contribution < -0.4 is 10.4 Å². The van der Waals surface area contributed by atoms with Crippen molar-refractivity contribution in [1.82, 2.24) is 28.3 Å². The second kappa shape index (κ2) is 10.2. The van der Waals surface area contributed by atoms with E-state index in [0.717, 1.165) is 32.6 Å². The van der Waals surface area contributed by atoms with E-state index in [2.05, 4.69) is 28.3 Å². The van der Waals surface area contributed by atoms with Crippen LogP contribution in [0.2, 0.25) is 5.15 Å². The molecule has 4 rings (SSSR count). The van der Waals surface area contributed by atoms with Crippen LogP contribution in [0.15, 0.2) is 14.5 Å². The number of nitrogens with two attached hydrogens (primary N) is 1. The number of nitrogen functional groups attached to an aromatic ring is 1. The minimum Gasteiger partial charge on any atom is -0.383 e. The predicted molar refractivity (Wildman–Crippen MR) is 144 cm³/mol. The van der Waals surface area contributed by atoms with E-state index in [1.165, 1.54) is 43.2 Å². The number of hydrogen-bond acceptors (Lipinski definition) is 12. The maximum absolute atomic E-state index is 6.63. The smallest absolute Gasteiger partial charge is 0.179 e. The maximum atomic E-state index is 6.63. The average molecular weight is 599 g/mol. The quantitative estimate of drug-likeness (QED) is 0.133. The summed E-state index contributed by atoms with van der Waals surface area (Å²) in [6, 6.07) is 0. The average Bonchev–Trinajstić information content (AvgIpc) is 3.49. The SMILES string of the molecule is Cc1nn(C)c(N)c1/C(SS/N=C(\Cl)c1snc2c1c(C)nn2C)=C(Cl)\N=c1/ssnc1Cl. The van der Waals surface area contributed by atoms with Crippen LogP contribution in [-0.4, -0.2) is 33.5 Å². The Kier molecular flexibility index (Phi) is 7.75. The van der Waals surface area contributed by atoms with E-state index < -0.39 is 0 Å². The van der Waals surface area contributed by atoms with Crippen LogP contribution in [0.1, 0.15) is 21.8 Å². The molecule has 0 radical (unpaired) electrons. The van der Waals surface area contributed by atoms with E-state index >= 15 is 0 Å². The number of nitrogens with zero attached hydrogens (tertiary/aromatic N) is 8. The summed E-state index contributed by atoms with van der Waals surface area (Å²) in [6.07, 6.45) is 0. The fraction of sp³-hybridized carbons (Fsp3) is 0.250. The highest BCUT2D eigenvalue weighted by Crippen LogP contribution is 2.45. The van der Waals surface area contributed by atoms with Gasteiger partial charge in [-0.2, -0.15) is 23.3 Å². The van der Waals surface area contributed by atoms with E-state index in [1.54, 1.807) is 16.4 Å². The summed E-state index contributed by atoms with van der Waals surface area (Å²) in [5, 5.41) is 10.5. The van der Waals surface area contributed by atoms with Crippen LogP contribution >= 0.6 is 89.0 Å². The van der Waals surface area contributed by atoms with Crippen LogP contribution in [0.3, 0.4) is 0 Å². The Morgan fingerprint density at radius 3 is 2.45 bits per heavy atom. The highest BCUT2D eigenvalue weighted by atomic mass is 35.5. The van der Waals surface area contributed by atoms with Crippen molar-refractivity contribution < 1.29 is 0 Å². The van der Waals surface area contributed by atoms with Gasteiger partial charge in [-0.05, 0) is 46.5 Å². The molecule has 0 atom stereocenters. The van der Waals surface area contributed by atoms with Crippen LogP contribution in [-0.2, 0) is 14.1 Å². The molecule has 0 saturated carbocycles. The van der Waals surface area contributed by atoms with Gasteiger partial charge in [-0.15, -0.1) is 0 Å². The Hall–Kier alpha value is -1.13. The largest absolute Gasteiger partial charge is 0.383 e. The third kappa shape index (κ3) is 4.98. The molecule has 174 valence electrons. The number of halogens is 3. The number of aryl methyl sites for hydroxylation is 4. The number of rotatable bonds is 6. The van der Waals surface area contributed by atoms with Crippen molar-refractivity contribution in [3.05, 3.63) is 36.8 Å². The van der Waals surface area contributed by atoms with E-state index in [-0.39, 0.29) is 10.3 Å². The molecule has 0 aliphatic heterocycles. The van der Waals surface area contributed by atoms with Crippen molar-refractivity contribution in [2.45, 2.75) is 13.8 Å². The Morgan fingerprint density at radius 2 is 1.82 bits per heavy atom. The minimum absolute atomic E-state index is 0.197. The fourth-order valence-corrected chi connectivity index (χ4v) is 8.47. The second-order valence-electron chi connectivity index (χ2n) is 6.51. The molecule has 17 heteroatoms. The first-order valence-electron chi connectivity index (χ1n) is 8.91. The third-order valence-electron chi connectivity index (χ3n) is 4.36. The molecule has 2 N–H and O–H groups in total. The number of anilines is 1. The lowest BCUT2D eigenvalue weighted by molar-refractivity contribution is 0.767. The van der Waals surface area contributed by atoms with Crippen LogP contribution in [0, 0.1) is 13.8 Å². The zero-order valence-electron chi connectivity index (χ0n) is 17.3. The number of fused-ring (bicyclic) bond motifs is 1. The van der Waals surface area contributed by atoms with Crippen molar-refractivity contribution >= 4 is 116 Å². The van der Waals surface area contributed by atoms with Gasteiger partial charge in [0.1, 0.15) is 11.0 Å². The van der Waals surface area contributed by atoms with Crippen LogP contribution in [0.4, 0.5) is 5.82 Å². The molecule has 9 nitrogen and oxygen atoms in total.